The molecule has 2 heterocycles. The Morgan fingerprint density at radius 2 is 1.57 bits per heavy atom. The van der Waals surface area contributed by atoms with E-state index in [-0.39, 0.29) is 23.6 Å². The molecule has 0 aliphatic heterocycles. The summed E-state index contributed by atoms with van der Waals surface area (Å²) < 4.78 is 0. The highest BCUT2D eigenvalue weighted by molar-refractivity contribution is 7.16. The van der Waals surface area contributed by atoms with E-state index in [1.54, 1.807) is 48.7 Å². The quantitative estimate of drug-likeness (QED) is 0.160. The van der Waals surface area contributed by atoms with Crippen LogP contribution in [0.25, 0.3) is 10.4 Å². The Bertz CT molecular complexity index is 1590. The average molecular weight is 575 g/mol. The Labute approximate surface area is 240 Å². The van der Waals surface area contributed by atoms with Gasteiger partial charge in [-0.25, -0.2) is 5.43 Å². The molecular weight excluding hydrogens is 544 g/mol. The monoisotopic (exact) mass is 574 g/mol. The molecule has 0 saturated carbocycles. The molecule has 4 rings (SSSR count). The highest BCUT2D eigenvalue weighted by atomic mass is 32.1. The van der Waals surface area contributed by atoms with E-state index in [4.69, 9.17) is 5.73 Å². The summed E-state index contributed by atoms with van der Waals surface area (Å²) in [7, 11) is 0. The van der Waals surface area contributed by atoms with Gasteiger partial charge in [-0.05, 0) is 47.2 Å². The maximum absolute atomic E-state index is 12.7. The highest BCUT2D eigenvalue weighted by Gasteiger charge is 2.18. The third-order valence-electron chi connectivity index (χ3n) is 6.27. The first-order valence-corrected chi connectivity index (χ1v) is 14.2. The number of hydrogen-bond donors (Lipinski definition) is 4. The zero-order valence-corrected chi connectivity index (χ0v) is 24.2. The summed E-state index contributed by atoms with van der Waals surface area (Å²) in [5, 5.41) is 19.6. The van der Waals surface area contributed by atoms with Crippen molar-refractivity contribution in [3.63, 3.8) is 0 Å². The number of hydrazone groups is 1. The van der Waals surface area contributed by atoms with Crippen molar-refractivity contribution in [1.82, 2.24) is 10.7 Å². The van der Waals surface area contributed by atoms with Crippen LogP contribution in [0.4, 0.5) is 0 Å². The van der Waals surface area contributed by atoms with Crippen LogP contribution < -0.4 is 16.5 Å². The summed E-state index contributed by atoms with van der Waals surface area (Å²) in [5.74, 6) is -1.32. The summed E-state index contributed by atoms with van der Waals surface area (Å²) >= 11 is 2.42. The van der Waals surface area contributed by atoms with Gasteiger partial charge in [0.1, 0.15) is 5.75 Å². The minimum absolute atomic E-state index is 0.0358. The van der Waals surface area contributed by atoms with Crippen LogP contribution in [-0.4, -0.2) is 28.5 Å². The standard InChI is InChI=1S/C30H30N4O4S2/c1-17(22-16-39-26(25(22)35)18-9-11-20(12-10-18)30(2,3)4)33-34-29(38)24-14-13-23(40-24)28(37)32-15-19-7-5-6-8-21(19)27(31)36/h5-14,16,35H,15H2,1-4H3,(H2,31,36)(H,32,37)(H,34,38). The molecule has 3 amide bonds. The molecule has 8 nitrogen and oxygen atoms in total. The second-order valence-corrected chi connectivity index (χ2v) is 12.1. The fourth-order valence-electron chi connectivity index (χ4n) is 3.94. The van der Waals surface area contributed by atoms with Crippen LogP contribution in [0.5, 0.6) is 5.75 Å². The van der Waals surface area contributed by atoms with Crippen molar-refractivity contribution in [3.05, 3.63) is 98.1 Å². The van der Waals surface area contributed by atoms with Gasteiger partial charge >= 0.3 is 0 Å². The van der Waals surface area contributed by atoms with E-state index in [0.29, 0.717) is 32.2 Å². The molecule has 0 spiro atoms. The molecule has 206 valence electrons. The first-order chi connectivity index (χ1) is 19.0. The SMILES string of the molecule is CC(=NNC(=O)c1ccc(C(=O)NCc2ccccc2C(N)=O)s1)c1csc(-c2ccc(C(C)(C)C)cc2)c1O. The van der Waals surface area contributed by atoms with Crippen LogP contribution in [0.1, 0.15) is 74.1 Å². The first kappa shape index (κ1) is 28.7. The van der Waals surface area contributed by atoms with Crippen molar-refractivity contribution >= 4 is 46.1 Å². The van der Waals surface area contributed by atoms with Crippen LogP contribution in [0.15, 0.2) is 71.1 Å². The molecule has 0 unspecified atom stereocenters. The predicted molar refractivity (Wildman–Crippen MR) is 160 cm³/mol. The van der Waals surface area contributed by atoms with E-state index < -0.39 is 11.8 Å². The maximum atomic E-state index is 12.7. The van der Waals surface area contributed by atoms with E-state index in [2.05, 4.69) is 48.7 Å². The second-order valence-electron chi connectivity index (χ2n) is 10.2. The van der Waals surface area contributed by atoms with Crippen molar-refractivity contribution in [2.24, 2.45) is 10.8 Å². The molecule has 40 heavy (non-hydrogen) atoms. The Kier molecular flexibility index (Phi) is 8.51. The zero-order valence-electron chi connectivity index (χ0n) is 22.6. The van der Waals surface area contributed by atoms with E-state index in [9.17, 15) is 19.5 Å². The normalized spacial score (nSPS) is 11.8. The van der Waals surface area contributed by atoms with Crippen LogP contribution in [0, 0.1) is 0 Å². The van der Waals surface area contributed by atoms with Gasteiger partial charge in [0.05, 0.1) is 25.9 Å². The lowest BCUT2D eigenvalue weighted by Crippen LogP contribution is -2.24. The largest absolute Gasteiger partial charge is 0.506 e. The Morgan fingerprint density at radius 1 is 0.925 bits per heavy atom. The van der Waals surface area contributed by atoms with Gasteiger partial charge in [0, 0.05) is 17.5 Å². The van der Waals surface area contributed by atoms with Gasteiger partial charge in [-0.1, -0.05) is 63.2 Å². The fourth-order valence-corrected chi connectivity index (χ4v) is 5.77. The van der Waals surface area contributed by atoms with Gasteiger partial charge < -0.3 is 16.2 Å². The topological polar surface area (TPSA) is 134 Å². The minimum Gasteiger partial charge on any atom is -0.506 e. The summed E-state index contributed by atoms with van der Waals surface area (Å²) in [5.41, 5.74) is 11.9. The van der Waals surface area contributed by atoms with E-state index >= 15 is 0 Å². The Hall–Kier alpha value is -4.28. The lowest BCUT2D eigenvalue weighted by atomic mass is 9.86. The number of rotatable bonds is 8. The second kappa shape index (κ2) is 11.8. The number of carbonyl (C=O) groups is 3. The molecule has 0 aliphatic carbocycles. The summed E-state index contributed by atoms with van der Waals surface area (Å²) in [6.45, 7) is 8.27. The lowest BCUT2D eigenvalue weighted by molar-refractivity contribution is 0.0948. The number of benzene rings is 2. The number of thiophene rings is 2. The molecule has 2 aromatic heterocycles. The summed E-state index contributed by atoms with van der Waals surface area (Å²) in [4.78, 5) is 38.2. The van der Waals surface area contributed by atoms with Crippen LogP contribution in [0.3, 0.4) is 0 Å². The molecule has 0 radical (unpaired) electrons. The Balaban J connectivity index is 1.39. The maximum Gasteiger partial charge on any atom is 0.281 e. The molecule has 10 heteroatoms. The van der Waals surface area contributed by atoms with Crippen LogP contribution in [0.2, 0.25) is 0 Å². The third-order valence-corrected chi connectivity index (χ3v) is 8.37. The summed E-state index contributed by atoms with van der Waals surface area (Å²) in [6, 6.07) is 18.0. The molecule has 0 aliphatic rings. The first-order valence-electron chi connectivity index (χ1n) is 12.5. The van der Waals surface area contributed by atoms with Crippen molar-refractivity contribution in [2.45, 2.75) is 39.7 Å². The van der Waals surface area contributed by atoms with E-state index in [0.717, 1.165) is 21.8 Å². The number of aromatic hydroxyl groups is 1. The molecule has 0 fully saturated rings. The third kappa shape index (κ3) is 6.47. The molecule has 5 N–H and O–H groups in total. The number of carbonyl (C=O) groups excluding carboxylic acids is 3. The van der Waals surface area contributed by atoms with Gasteiger partial charge in [0.25, 0.3) is 11.8 Å². The number of amides is 3. The van der Waals surface area contributed by atoms with Gasteiger partial charge in [-0.15, -0.1) is 22.7 Å². The number of hydrogen-bond acceptors (Lipinski definition) is 7. The van der Waals surface area contributed by atoms with E-state index in [1.165, 1.54) is 16.9 Å². The van der Waals surface area contributed by atoms with Crippen LogP contribution >= 0.6 is 22.7 Å². The molecule has 2 aromatic carbocycles. The minimum atomic E-state index is -0.572. The van der Waals surface area contributed by atoms with Gasteiger partial charge in [0.2, 0.25) is 5.91 Å². The number of nitrogens with two attached hydrogens (primary N) is 1. The van der Waals surface area contributed by atoms with Crippen molar-refractivity contribution in [1.29, 1.82) is 0 Å². The highest BCUT2D eigenvalue weighted by Crippen LogP contribution is 2.39. The fraction of sp³-hybridized carbons (Fsp3) is 0.200. The number of nitrogens with one attached hydrogen (secondary N) is 2. The van der Waals surface area contributed by atoms with Crippen LogP contribution in [-0.2, 0) is 12.0 Å². The number of primary amides is 1. The van der Waals surface area contributed by atoms with Gasteiger partial charge in [-0.2, -0.15) is 5.10 Å². The molecular formula is C30H30N4O4S2. The molecule has 4 aromatic rings. The molecule has 0 bridgehead atoms. The average Bonchev–Trinajstić information content (AvgIpc) is 3.57. The number of nitrogens with zero attached hydrogens (tertiary/aromatic N) is 1. The smallest absolute Gasteiger partial charge is 0.281 e. The van der Waals surface area contributed by atoms with Crippen molar-refractivity contribution < 1.29 is 19.5 Å². The van der Waals surface area contributed by atoms with Gasteiger partial charge in [0.15, 0.2) is 0 Å². The van der Waals surface area contributed by atoms with Gasteiger partial charge in [-0.3, -0.25) is 14.4 Å². The Morgan fingerprint density at radius 3 is 2.23 bits per heavy atom. The molecule has 0 saturated heterocycles. The predicted octanol–water partition coefficient (Wildman–Crippen LogP) is 5.66. The van der Waals surface area contributed by atoms with Crippen molar-refractivity contribution in [2.75, 3.05) is 0 Å². The van der Waals surface area contributed by atoms with E-state index in [1.807, 2.05) is 12.1 Å². The lowest BCUT2D eigenvalue weighted by Gasteiger charge is -2.19. The van der Waals surface area contributed by atoms with Crippen molar-refractivity contribution in [3.8, 4) is 16.2 Å². The zero-order chi connectivity index (χ0) is 29.0. The molecule has 0 atom stereocenters. The summed E-state index contributed by atoms with van der Waals surface area (Å²) in [6.07, 6.45) is 0.